The van der Waals surface area contributed by atoms with Gasteiger partial charge in [-0.1, -0.05) is 0 Å². The van der Waals surface area contributed by atoms with Crippen molar-refractivity contribution in [3.63, 3.8) is 0 Å². The van der Waals surface area contributed by atoms with Gasteiger partial charge in [0.1, 0.15) is 28.2 Å². The molecule has 3 aromatic rings. The van der Waals surface area contributed by atoms with Crippen molar-refractivity contribution in [1.29, 1.82) is 0 Å². The summed E-state index contributed by atoms with van der Waals surface area (Å²) in [6.07, 6.45) is 0. The minimum atomic E-state index is -6.02. The van der Waals surface area contributed by atoms with Crippen LogP contribution in [0.2, 0.25) is 0 Å². The highest BCUT2D eigenvalue weighted by molar-refractivity contribution is 14.1. The number of esters is 1. The molecule has 188 valence electrons. The quantitative estimate of drug-likeness (QED) is 0.0799. The monoisotopic (exact) mass is 857 g/mol. The number of hydrogen-bond donors (Lipinski definition) is 0. The molecule has 0 heterocycles. The van der Waals surface area contributed by atoms with Crippen LogP contribution in [0.25, 0.3) is 10.8 Å². The van der Waals surface area contributed by atoms with Gasteiger partial charge < -0.3 is 14.0 Å². The molecule has 0 unspecified atom stereocenters. The van der Waals surface area contributed by atoms with Gasteiger partial charge in [-0.15, -0.1) is 0 Å². The Bertz CT molecular complexity index is 1500. The maximum absolute atomic E-state index is 14.7. The molecule has 3 rings (SSSR count). The molecule has 0 fully saturated rings. The Morgan fingerprint density at radius 2 is 1.40 bits per heavy atom. The molecule has 0 saturated heterocycles. The van der Waals surface area contributed by atoms with Crippen molar-refractivity contribution < 1.29 is 53.6 Å². The highest BCUT2D eigenvalue weighted by Crippen LogP contribution is 2.39. The molecule has 0 amide bonds. The van der Waals surface area contributed by atoms with Crippen LogP contribution in [0.15, 0.2) is 17.0 Å². The third-order valence-corrected chi connectivity index (χ3v) is 8.86. The molecule has 0 spiro atoms. The molecule has 3 aromatic carbocycles. The number of carbonyl (C=O) groups excluding carboxylic acids is 1. The molecule has 0 atom stereocenters. The average molecular weight is 857 g/mol. The summed E-state index contributed by atoms with van der Waals surface area (Å²) in [6.45, 7) is -1.41. The van der Waals surface area contributed by atoms with Crippen molar-refractivity contribution in [2.45, 2.75) is 4.90 Å². The second-order valence-corrected chi connectivity index (χ2v) is 11.3. The van der Waals surface area contributed by atoms with Crippen LogP contribution in [0.4, 0.5) is 26.3 Å². The number of hydrogen-bond acceptors (Lipinski definition) is 6. The van der Waals surface area contributed by atoms with Gasteiger partial charge in [-0.05, 0) is 79.9 Å². The predicted octanol–water partition coefficient (Wildman–Crippen LogP) is 5.63. The first-order valence-corrected chi connectivity index (χ1v) is 13.4. The molecule has 0 saturated carbocycles. The Kier molecular flexibility index (Phi) is 8.69. The minimum Gasteiger partial charge on any atom is -0.744 e. The first kappa shape index (κ1) is 28.4. The standard InChI is InChI=1S/C19H7F6I3O6S/c20-10-9-8(11(21)15(25)18(13(9)23)35(30,31)32)12(22)17(14(10)24)33-1-2-34-19(29)6-3-5(26)4-7(27)16(6)28/h3-4H,1-2H2,(H,30,31,32)/p-1. The lowest BCUT2D eigenvalue weighted by Gasteiger charge is -2.16. The molecular formula is C19H6F6I3O6S-. The molecule has 0 aliphatic carbocycles. The van der Waals surface area contributed by atoms with E-state index in [0.29, 0.717) is 3.57 Å². The minimum absolute atomic E-state index is 0.188. The Morgan fingerprint density at radius 3 is 2.00 bits per heavy atom. The molecule has 0 N–H and O–H groups in total. The van der Waals surface area contributed by atoms with Gasteiger partial charge >= 0.3 is 5.97 Å². The summed E-state index contributed by atoms with van der Waals surface area (Å²) in [7, 11) is -6.02. The summed E-state index contributed by atoms with van der Waals surface area (Å²) in [5, 5.41) is -3.75. The molecule has 0 aromatic heterocycles. The lowest BCUT2D eigenvalue weighted by molar-refractivity contribution is 0.0444. The average Bonchev–Trinajstić information content (AvgIpc) is 2.75. The number of fused-ring (bicyclic) bond motifs is 1. The van der Waals surface area contributed by atoms with Crippen LogP contribution in [-0.2, 0) is 14.9 Å². The van der Waals surface area contributed by atoms with E-state index in [2.05, 4.69) is 4.74 Å². The zero-order chi connectivity index (χ0) is 26.4. The lowest BCUT2D eigenvalue weighted by atomic mass is 10.1. The number of carbonyl (C=O) groups is 1. The number of benzene rings is 3. The van der Waals surface area contributed by atoms with Crippen LogP contribution in [0.1, 0.15) is 10.4 Å². The van der Waals surface area contributed by atoms with Crippen molar-refractivity contribution in [2.75, 3.05) is 13.2 Å². The second-order valence-electron chi connectivity index (χ2n) is 6.48. The Labute approximate surface area is 233 Å². The van der Waals surface area contributed by atoms with Crippen LogP contribution in [0.5, 0.6) is 5.75 Å². The van der Waals surface area contributed by atoms with Gasteiger partial charge in [0.2, 0.25) is 5.82 Å². The highest BCUT2D eigenvalue weighted by Gasteiger charge is 2.33. The zero-order valence-electron chi connectivity index (χ0n) is 16.3. The fourth-order valence-electron chi connectivity index (χ4n) is 2.88. The molecule has 0 aliphatic rings. The third-order valence-electron chi connectivity index (χ3n) is 4.34. The molecule has 0 radical (unpaired) electrons. The summed E-state index contributed by atoms with van der Waals surface area (Å²) >= 11 is 5.87. The van der Waals surface area contributed by atoms with Crippen LogP contribution in [-0.4, -0.2) is 32.2 Å². The summed E-state index contributed by atoms with van der Waals surface area (Å²) < 4.78 is 131. The Balaban J connectivity index is 1.92. The van der Waals surface area contributed by atoms with Gasteiger partial charge in [-0.25, -0.2) is 35.2 Å². The van der Waals surface area contributed by atoms with E-state index in [1.54, 1.807) is 6.07 Å². The van der Waals surface area contributed by atoms with Gasteiger partial charge in [0.15, 0.2) is 34.8 Å². The van der Waals surface area contributed by atoms with E-state index < -0.39 is 85.6 Å². The van der Waals surface area contributed by atoms with Crippen LogP contribution >= 0.6 is 67.8 Å². The maximum Gasteiger partial charge on any atom is 0.339 e. The maximum atomic E-state index is 14.7. The van der Waals surface area contributed by atoms with Crippen LogP contribution in [0, 0.1) is 45.6 Å². The van der Waals surface area contributed by atoms with E-state index in [1.807, 2.05) is 67.8 Å². The Hall–Kier alpha value is -1.13. The second kappa shape index (κ2) is 10.7. The summed E-state index contributed by atoms with van der Waals surface area (Å²) in [4.78, 5) is 9.84. The zero-order valence-corrected chi connectivity index (χ0v) is 23.6. The first-order chi connectivity index (χ1) is 16.2. The van der Waals surface area contributed by atoms with E-state index in [-0.39, 0.29) is 5.56 Å². The number of rotatable bonds is 6. The van der Waals surface area contributed by atoms with Crippen LogP contribution < -0.4 is 4.74 Å². The van der Waals surface area contributed by atoms with Crippen LogP contribution in [0.3, 0.4) is 0 Å². The van der Waals surface area contributed by atoms with Gasteiger partial charge in [0, 0.05) is 10.7 Å². The van der Waals surface area contributed by atoms with Crippen molar-refractivity contribution in [2.24, 2.45) is 0 Å². The van der Waals surface area contributed by atoms with Crippen molar-refractivity contribution in [1.82, 2.24) is 0 Å². The third kappa shape index (κ3) is 5.44. The first-order valence-electron chi connectivity index (χ1n) is 8.75. The van der Waals surface area contributed by atoms with Crippen molar-refractivity contribution >= 4 is 94.6 Å². The SMILES string of the molecule is O=C(OCCOc1c(F)c(F)c2c(F)c(S(=O)(=O)[O-])c(F)c(F)c2c1F)c1cc(I)cc(I)c1I. The molecular weight excluding hydrogens is 851 g/mol. The Morgan fingerprint density at radius 1 is 0.829 bits per heavy atom. The fraction of sp³-hybridized carbons (Fsp3) is 0.105. The largest absolute Gasteiger partial charge is 0.744 e. The predicted molar refractivity (Wildman–Crippen MR) is 132 cm³/mol. The van der Waals surface area contributed by atoms with Gasteiger partial charge in [0.25, 0.3) is 0 Å². The fourth-order valence-corrected chi connectivity index (χ4v) is 5.88. The highest BCUT2D eigenvalue weighted by atomic mass is 127. The lowest BCUT2D eigenvalue weighted by Crippen LogP contribution is -2.16. The topological polar surface area (TPSA) is 92.7 Å². The number of halogens is 9. The number of ether oxygens (including phenoxy) is 2. The van der Waals surface area contributed by atoms with Gasteiger partial charge in [-0.2, -0.15) is 4.39 Å². The smallest absolute Gasteiger partial charge is 0.339 e. The summed E-state index contributed by atoms with van der Waals surface area (Å²) in [5.41, 5.74) is 0.188. The van der Waals surface area contributed by atoms with E-state index >= 15 is 0 Å². The molecule has 0 bridgehead atoms. The van der Waals surface area contributed by atoms with Crippen molar-refractivity contribution in [3.05, 3.63) is 63.3 Å². The van der Waals surface area contributed by atoms with E-state index in [9.17, 15) is 44.1 Å². The molecule has 0 aliphatic heterocycles. The molecule has 35 heavy (non-hydrogen) atoms. The van der Waals surface area contributed by atoms with Crippen molar-refractivity contribution in [3.8, 4) is 5.75 Å². The summed E-state index contributed by atoms with van der Waals surface area (Å²) in [6, 6.07) is 3.32. The van der Waals surface area contributed by atoms with Gasteiger partial charge in [-0.3, -0.25) is 0 Å². The van der Waals surface area contributed by atoms with E-state index in [0.717, 1.165) is 7.14 Å². The van der Waals surface area contributed by atoms with E-state index in [4.69, 9.17) is 4.74 Å². The molecule has 16 heteroatoms. The van der Waals surface area contributed by atoms with Gasteiger partial charge in [0.05, 0.1) is 16.3 Å². The molecule has 6 nitrogen and oxygen atoms in total. The normalized spacial score (nSPS) is 11.7. The summed E-state index contributed by atoms with van der Waals surface area (Å²) in [5.74, 6) is -16.7. The van der Waals surface area contributed by atoms with E-state index in [1.165, 1.54) is 6.07 Å².